The minimum absolute atomic E-state index is 0.0114. The largest absolute Gasteiger partial charge is 0.469 e. The van der Waals surface area contributed by atoms with Crippen LogP contribution in [0.15, 0.2) is 30.3 Å². The summed E-state index contributed by atoms with van der Waals surface area (Å²) in [6, 6.07) is 8.35. The van der Waals surface area contributed by atoms with E-state index in [1.165, 1.54) is 7.11 Å². The van der Waals surface area contributed by atoms with E-state index >= 15 is 0 Å². The summed E-state index contributed by atoms with van der Waals surface area (Å²) in [4.78, 5) is 33.8. The first kappa shape index (κ1) is 23.4. The minimum Gasteiger partial charge on any atom is -0.469 e. The molecule has 1 atom stereocenters. The van der Waals surface area contributed by atoms with Crippen molar-refractivity contribution in [2.45, 2.75) is 46.6 Å². The standard InChI is InChI=1S/C23H26ClN5O3/c1-13-10-14(2)26-23(25-13)29-16(4)19(15(3)28-29)11-21(30)27-20(12-22(31)32-5)17-6-8-18(24)9-7-17/h6-10,20H,11-12H2,1-5H3,(H,27,30). The average molecular weight is 456 g/mol. The average Bonchev–Trinajstić information content (AvgIpc) is 3.01. The Balaban J connectivity index is 1.83. The summed E-state index contributed by atoms with van der Waals surface area (Å²) in [5.41, 5.74) is 4.75. The van der Waals surface area contributed by atoms with Gasteiger partial charge in [0, 0.05) is 27.7 Å². The molecular formula is C23H26ClN5O3. The summed E-state index contributed by atoms with van der Waals surface area (Å²) in [6.45, 7) is 7.53. The highest BCUT2D eigenvalue weighted by Crippen LogP contribution is 2.22. The van der Waals surface area contributed by atoms with Gasteiger partial charge in [0.1, 0.15) is 0 Å². The number of carbonyl (C=O) groups is 2. The van der Waals surface area contributed by atoms with E-state index in [9.17, 15) is 9.59 Å². The number of aromatic nitrogens is 4. The van der Waals surface area contributed by atoms with Crippen LogP contribution in [0.5, 0.6) is 0 Å². The van der Waals surface area contributed by atoms with Crippen molar-refractivity contribution in [1.29, 1.82) is 0 Å². The number of benzene rings is 1. The summed E-state index contributed by atoms with van der Waals surface area (Å²) in [6.07, 6.45) is 0.116. The molecule has 0 aliphatic heterocycles. The van der Waals surface area contributed by atoms with E-state index in [0.717, 1.165) is 33.9 Å². The molecule has 32 heavy (non-hydrogen) atoms. The highest BCUT2D eigenvalue weighted by atomic mass is 35.5. The van der Waals surface area contributed by atoms with E-state index in [-0.39, 0.29) is 18.7 Å². The van der Waals surface area contributed by atoms with Gasteiger partial charge < -0.3 is 10.1 Å². The molecule has 1 N–H and O–H groups in total. The van der Waals surface area contributed by atoms with Crippen LogP contribution in [0.25, 0.3) is 5.95 Å². The number of nitrogens with zero attached hydrogens (tertiary/aromatic N) is 4. The second-order valence-electron chi connectivity index (χ2n) is 7.64. The van der Waals surface area contributed by atoms with E-state index in [1.54, 1.807) is 28.9 Å². The van der Waals surface area contributed by atoms with Crippen molar-refractivity contribution in [1.82, 2.24) is 25.1 Å². The van der Waals surface area contributed by atoms with Crippen LogP contribution in [0.4, 0.5) is 0 Å². The Morgan fingerprint density at radius 3 is 2.31 bits per heavy atom. The normalized spacial score (nSPS) is 11.8. The van der Waals surface area contributed by atoms with E-state index < -0.39 is 12.0 Å². The molecule has 3 aromatic rings. The van der Waals surface area contributed by atoms with Crippen molar-refractivity contribution >= 4 is 23.5 Å². The Hall–Kier alpha value is -3.26. The third kappa shape index (κ3) is 5.50. The van der Waals surface area contributed by atoms with Gasteiger partial charge in [0.05, 0.1) is 31.7 Å². The van der Waals surface area contributed by atoms with Crippen molar-refractivity contribution in [3.05, 3.63) is 69.3 Å². The summed E-state index contributed by atoms with van der Waals surface area (Å²) in [5.74, 6) is -0.183. The van der Waals surface area contributed by atoms with E-state index in [0.29, 0.717) is 11.0 Å². The van der Waals surface area contributed by atoms with Gasteiger partial charge in [-0.25, -0.2) is 14.6 Å². The van der Waals surface area contributed by atoms with Crippen molar-refractivity contribution < 1.29 is 14.3 Å². The predicted octanol–water partition coefficient (Wildman–Crippen LogP) is 3.51. The Kier molecular flexibility index (Phi) is 7.25. The van der Waals surface area contributed by atoms with Crippen molar-refractivity contribution in [3.8, 4) is 5.95 Å². The zero-order chi connectivity index (χ0) is 23.4. The van der Waals surface area contributed by atoms with Crippen LogP contribution in [-0.4, -0.2) is 38.7 Å². The molecule has 2 heterocycles. The number of halogens is 1. The van der Waals surface area contributed by atoms with Crippen LogP contribution in [0.2, 0.25) is 5.02 Å². The lowest BCUT2D eigenvalue weighted by Gasteiger charge is -2.18. The van der Waals surface area contributed by atoms with Gasteiger partial charge in [0.25, 0.3) is 5.95 Å². The Morgan fingerprint density at radius 2 is 1.72 bits per heavy atom. The fourth-order valence-corrected chi connectivity index (χ4v) is 3.66. The number of methoxy groups -OCH3 is 1. The highest BCUT2D eigenvalue weighted by molar-refractivity contribution is 6.30. The molecule has 0 aliphatic rings. The molecule has 1 amide bonds. The molecule has 2 aromatic heterocycles. The first-order valence-electron chi connectivity index (χ1n) is 10.2. The van der Waals surface area contributed by atoms with Crippen molar-refractivity contribution in [2.75, 3.05) is 7.11 Å². The molecule has 0 saturated carbocycles. The second kappa shape index (κ2) is 9.91. The van der Waals surface area contributed by atoms with Gasteiger partial charge in [-0.15, -0.1) is 0 Å². The van der Waals surface area contributed by atoms with Gasteiger partial charge in [-0.05, 0) is 51.5 Å². The van der Waals surface area contributed by atoms with Crippen LogP contribution in [0.3, 0.4) is 0 Å². The molecule has 168 valence electrons. The maximum absolute atomic E-state index is 12.9. The van der Waals surface area contributed by atoms with Crippen LogP contribution >= 0.6 is 11.6 Å². The molecule has 8 nitrogen and oxygen atoms in total. The second-order valence-corrected chi connectivity index (χ2v) is 8.08. The van der Waals surface area contributed by atoms with Crippen molar-refractivity contribution in [3.63, 3.8) is 0 Å². The zero-order valence-corrected chi connectivity index (χ0v) is 19.5. The molecule has 3 rings (SSSR count). The van der Waals surface area contributed by atoms with Gasteiger partial charge in [-0.1, -0.05) is 23.7 Å². The monoisotopic (exact) mass is 455 g/mol. The third-order valence-electron chi connectivity index (χ3n) is 5.14. The van der Waals surface area contributed by atoms with Crippen LogP contribution in [-0.2, 0) is 20.7 Å². The maximum Gasteiger partial charge on any atom is 0.307 e. The first-order valence-corrected chi connectivity index (χ1v) is 10.5. The third-order valence-corrected chi connectivity index (χ3v) is 5.40. The smallest absolute Gasteiger partial charge is 0.307 e. The van der Waals surface area contributed by atoms with Crippen LogP contribution in [0.1, 0.15) is 46.4 Å². The Bertz CT molecular complexity index is 1120. The maximum atomic E-state index is 12.9. The fourth-order valence-electron chi connectivity index (χ4n) is 3.53. The summed E-state index contributed by atoms with van der Waals surface area (Å²) >= 11 is 5.97. The first-order chi connectivity index (χ1) is 15.2. The molecule has 9 heteroatoms. The molecule has 1 unspecified atom stereocenters. The number of hydrogen-bond acceptors (Lipinski definition) is 6. The lowest BCUT2D eigenvalue weighted by Crippen LogP contribution is -2.31. The SMILES string of the molecule is COC(=O)CC(NC(=O)Cc1c(C)nn(-c2nc(C)cc(C)n2)c1C)c1ccc(Cl)cc1. The number of ether oxygens (including phenoxy) is 1. The molecule has 0 radical (unpaired) electrons. The van der Waals surface area contributed by atoms with Crippen LogP contribution < -0.4 is 5.32 Å². The summed E-state index contributed by atoms with van der Waals surface area (Å²) in [7, 11) is 1.32. The molecule has 0 bridgehead atoms. The van der Waals surface area contributed by atoms with Gasteiger partial charge >= 0.3 is 5.97 Å². The fraction of sp³-hybridized carbons (Fsp3) is 0.348. The van der Waals surface area contributed by atoms with E-state index in [1.807, 2.05) is 33.8 Å². The van der Waals surface area contributed by atoms with E-state index in [2.05, 4.69) is 20.4 Å². The quantitative estimate of drug-likeness (QED) is 0.547. The lowest BCUT2D eigenvalue weighted by atomic mass is 10.0. The van der Waals surface area contributed by atoms with Gasteiger partial charge in [-0.2, -0.15) is 5.10 Å². The minimum atomic E-state index is -0.536. The summed E-state index contributed by atoms with van der Waals surface area (Å²) in [5, 5.41) is 8.06. The topological polar surface area (TPSA) is 99.0 Å². The molecule has 0 aliphatic carbocycles. The van der Waals surface area contributed by atoms with Gasteiger partial charge in [0.15, 0.2) is 0 Å². The van der Waals surface area contributed by atoms with E-state index in [4.69, 9.17) is 16.3 Å². The molecule has 1 aromatic carbocycles. The van der Waals surface area contributed by atoms with Crippen molar-refractivity contribution in [2.24, 2.45) is 0 Å². The lowest BCUT2D eigenvalue weighted by molar-refractivity contribution is -0.141. The number of amides is 1. The van der Waals surface area contributed by atoms with Crippen LogP contribution in [0, 0.1) is 27.7 Å². The number of nitrogens with one attached hydrogen (secondary N) is 1. The zero-order valence-electron chi connectivity index (χ0n) is 18.8. The Morgan fingerprint density at radius 1 is 1.09 bits per heavy atom. The highest BCUT2D eigenvalue weighted by Gasteiger charge is 2.22. The number of hydrogen-bond donors (Lipinski definition) is 1. The Labute approximate surface area is 192 Å². The molecule has 0 spiro atoms. The van der Waals surface area contributed by atoms with Gasteiger partial charge in [-0.3, -0.25) is 9.59 Å². The number of rotatable bonds is 7. The van der Waals surface area contributed by atoms with Gasteiger partial charge in [0.2, 0.25) is 5.91 Å². The summed E-state index contributed by atoms with van der Waals surface area (Å²) < 4.78 is 6.45. The number of esters is 1. The number of carbonyl (C=O) groups excluding carboxylic acids is 2. The number of aryl methyl sites for hydroxylation is 3. The molecule has 0 saturated heterocycles. The predicted molar refractivity (Wildman–Crippen MR) is 121 cm³/mol. The molecular weight excluding hydrogens is 430 g/mol. The molecule has 0 fully saturated rings.